The van der Waals surface area contributed by atoms with Crippen LogP contribution in [-0.2, 0) is 19.6 Å². The van der Waals surface area contributed by atoms with Crippen molar-refractivity contribution < 1.29 is 41.0 Å². The lowest BCUT2D eigenvalue weighted by Gasteiger charge is -2.32. The van der Waals surface area contributed by atoms with Gasteiger partial charge in [-0.2, -0.15) is 17.5 Å². The lowest BCUT2D eigenvalue weighted by molar-refractivity contribution is -0.192. The first-order valence-corrected chi connectivity index (χ1v) is 12.6. The van der Waals surface area contributed by atoms with E-state index in [9.17, 15) is 26.4 Å². The zero-order valence-electron chi connectivity index (χ0n) is 20.2. The highest BCUT2D eigenvalue weighted by atomic mass is 32.2. The Morgan fingerprint density at radius 3 is 2.29 bits per heavy atom. The number of likely N-dealkylation sites (tertiary alicyclic amines) is 1. The highest BCUT2D eigenvalue weighted by molar-refractivity contribution is 7.89. The number of hydrogen-bond acceptors (Lipinski definition) is 6. The van der Waals surface area contributed by atoms with E-state index in [0.717, 1.165) is 0 Å². The molecule has 0 bridgehead atoms. The van der Waals surface area contributed by atoms with Gasteiger partial charge in [-0.1, -0.05) is 26.0 Å². The molecular formula is C22H32F3N3O6S. The van der Waals surface area contributed by atoms with Crippen molar-refractivity contribution in [3.8, 4) is 5.75 Å². The number of carbonyl (C=O) groups excluding carboxylic acids is 1. The number of amides is 1. The average Bonchev–Trinajstić information content (AvgIpc) is 2.97. The predicted octanol–water partition coefficient (Wildman–Crippen LogP) is 2.28. The third-order valence-electron chi connectivity index (χ3n) is 5.48. The van der Waals surface area contributed by atoms with Crippen molar-refractivity contribution in [2.24, 2.45) is 5.92 Å². The van der Waals surface area contributed by atoms with E-state index in [4.69, 9.17) is 14.6 Å². The number of carboxylic acid groups (broad SMARTS) is 1. The average molecular weight is 524 g/mol. The van der Waals surface area contributed by atoms with Crippen LogP contribution in [0.25, 0.3) is 0 Å². The van der Waals surface area contributed by atoms with Crippen molar-refractivity contribution in [3.63, 3.8) is 0 Å². The van der Waals surface area contributed by atoms with Gasteiger partial charge in [0.15, 0.2) is 0 Å². The number of sulfonamides is 1. The summed E-state index contributed by atoms with van der Waals surface area (Å²) in [5.74, 6) is -2.08. The third kappa shape index (κ3) is 7.55. The number of fused-ring (bicyclic) bond motifs is 2. The number of para-hydroxylation sites is 1. The number of carboxylic acids is 1. The van der Waals surface area contributed by atoms with Crippen LogP contribution < -0.4 is 4.74 Å². The van der Waals surface area contributed by atoms with Gasteiger partial charge in [-0.15, -0.1) is 0 Å². The monoisotopic (exact) mass is 523 g/mol. The lowest BCUT2D eigenvalue weighted by atomic mass is 10.0. The molecule has 0 unspecified atom stereocenters. The minimum absolute atomic E-state index is 0.0696. The summed E-state index contributed by atoms with van der Waals surface area (Å²) in [6.45, 7) is 5.95. The number of aliphatic carboxylic acids is 1. The topological polar surface area (TPSA) is 107 Å². The maximum Gasteiger partial charge on any atom is 0.490 e. The SMILES string of the molecule is CC(C)CN1[C@H]2CCN(C(=O)CN(C)C)CC[C@@H]2Oc2ccccc2S1(=O)=O.O=C(O)C(F)(F)F. The second-order valence-corrected chi connectivity index (χ2v) is 11.0. The molecule has 2 heterocycles. The van der Waals surface area contributed by atoms with Crippen molar-refractivity contribution >= 4 is 21.9 Å². The lowest BCUT2D eigenvalue weighted by Crippen LogP contribution is -2.48. The Labute approximate surface area is 203 Å². The maximum absolute atomic E-state index is 13.4. The minimum Gasteiger partial charge on any atom is -0.487 e. The molecule has 2 aliphatic heterocycles. The largest absolute Gasteiger partial charge is 0.490 e. The molecule has 0 aliphatic carbocycles. The Hall–Kier alpha value is -2.38. The van der Waals surface area contributed by atoms with E-state index in [-0.39, 0.29) is 28.9 Å². The molecule has 1 N–H and O–H groups in total. The molecule has 1 saturated heterocycles. The molecule has 1 aromatic carbocycles. The van der Waals surface area contributed by atoms with E-state index < -0.39 is 22.2 Å². The van der Waals surface area contributed by atoms with Gasteiger partial charge in [-0.3, -0.25) is 4.79 Å². The van der Waals surface area contributed by atoms with Gasteiger partial charge < -0.3 is 19.6 Å². The van der Waals surface area contributed by atoms with Crippen molar-refractivity contribution in [1.82, 2.24) is 14.1 Å². The van der Waals surface area contributed by atoms with E-state index in [2.05, 4.69) is 0 Å². The summed E-state index contributed by atoms with van der Waals surface area (Å²) in [7, 11) is 0.0823. The van der Waals surface area contributed by atoms with Crippen LogP contribution in [-0.4, -0.2) is 98.1 Å². The summed E-state index contributed by atoms with van der Waals surface area (Å²) in [5.41, 5.74) is 0. The molecule has 198 valence electrons. The molecular weight excluding hydrogens is 491 g/mol. The summed E-state index contributed by atoms with van der Waals surface area (Å²) < 4.78 is 66.5. The smallest absolute Gasteiger partial charge is 0.487 e. The molecule has 35 heavy (non-hydrogen) atoms. The second-order valence-electron chi connectivity index (χ2n) is 9.14. The normalized spacial score (nSPS) is 22.1. The van der Waals surface area contributed by atoms with E-state index in [1.807, 2.05) is 37.7 Å². The Kier molecular flexibility index (Phi) is 9.54. The van der Waals surface area contributed by atoms with Gasteiger partial charge in [0, 0.05) is 26.1 Å². The fourth-order valence-electron chi connectivity index (χ4n) is 3.97. The highest BCUT2D eigenvalue weighted by Crippen LogP contribution is 2.36. The standard InChI is InChI=1S/C20H31N3O4S.C2HF3O2/c1-15(2)13-23-16-9-11-22(20(24)14-21(3)4)12-10-17(16)27-18-7-5-6-8-19(18)28(23,25)26;3-2(4,5)1(6)7/h5-8,15-17H,9-14H2,1-4H3;(H,6,7)/t16-,17-;/m0./s1. The Balaban J connectivity index is 0.000000540. The fraction of sp³-hybridized carbons (Fsp3) is 0.636. The van der Waals surface area contributed by atoms with Crippen LogP contribution in [0.15, 0.2) is 29.2 Å². The molecule has 1 aromatic rings. The molecule has 2 atom stereocenters. The number of hydrogen-bond donors (Lipinski definition) is 1. The molecule has 0 aromatic heterocycles. The van der Waals surface area contributed by atoms with E-state index >= 15 is 0 Å². The van der Waals surface area contributed by atoms with Crippen molar-refractivity contribution in [3.05, 3.63) is 24.3 Å². The quantitative estimate of drug-likeness (QED) is 0.645. The number of carbonyl (C=O) groups is 2. The van der Waals surface area contributed by atoms with Crippen LogP contribution in [0.5, 0.6) is 5.75 Å². The summed E-state index contributed by atoms with van der Waals surface area (Å²) in [6, 6.07) is 6.59. The Bertz CT molecular complexity index is 1000. The molecule has 0 spiro atoms. The summed E-state index contributed by atoms with van der Waals surface area (Å²) in [5, 5.41) is 7.12. The molecule has 0 saturated carbocycles. The molecule has 1 amide bonds. The first-order chi connectivity index (χ1) is 16.1. The molecule has 9 nitrogen and oxygen atoms in total. The number of benzene rings is 1. The number of ether oxygens (including phenoxy) is 1. The molecule has 0 radical (unpaired) electrons. The van der Waals surface area contributed by atoms with E-state index in [0.29, 0.717) is 44.8 Å². The van der Waals surface area contributed by atoms with Gasteiger partial charge in [0.2, 0.25) is 15.9 Å². The van der Waals surface area contributed by atoms with Crippen molar-refractivity contribution in [2.75, 3.05) is 40.3 Å². The number of rotatable bonds is 4. The van der Waals surface area contributed by atoms with Gasteiger partial charge in [0.05, 0.1) is 12.6 Å². The van der Waals surface area contributed by atoms with E-state index in [1.54, 1.807) is 28.6 Å². The van der Waals surface area contributed by atoms with Gasteiger partial charge in [0.25, 0.3) is 0 Å². The van der Waals surface area contributed by atoms with Crippen LogP contribution in [0.1, 0.15) is 26.7 Å². The van der Waals surface area contributed by atoms with Crippen molar-refractivity contribution in [2.45, 2.75) is 49.9 Å². The molecule has 2 aliphatic rings. The maximum atomic E-state index is 13.4. The second kappa shape index (κ2) is 11.6. The first kappa shape index (κ1) is 28.9. The number of nitrogens with zero attached hydrogens (tertiary/aromatic N) is 3. The van der Waals surface area contributed by atoms with Crippen molar-refractivity contribution in [1.29, 1.82) is 0 Å². The van der Waals surface area contributed by atoms with Crippen LogP contribution >= 0.6 is 0 Å². The van der Waals surface area contributed by atoms with Crippen LogP contribution in [0.2, 0.25) is 0 Å². The van der Waals surface area contributed by atoms with Gasteiger partial charge in [-0.05, 0) is 38.6 Å². The summed E-state index contributed by atoms with van der Waals surface area (Å²) in [6.07, 6.45) is -4.17. The predicted molar refractivity (Wildman–Crippen MR) is 121 cm³/mol. The minimum atomic E-state index is -5.08. The molecule has 3 rings (SSSR count). The van der Waals surface area contributed by atoms with Crippen LogP contribution in [0, 0.1) is 5.92 Å². The molecule has 1 fully saturated rings. The highest BCUT2D eigenvalue weighted by Gasteiger charge is 2.43. The zero-order chi connectivity index (χ0) is 26.6. The number of halogens is 3. The third-order valence-corrected chi connectivity index (χ3v) is 7.41. The molecule has 13 heteroatoms. The zero-order valence-corrected chi connectivity index (χ0v) is 21.0. The number of likely N-dealkylation sites (N-methyl/N-ethyl adjacent to an activating group) is 1. The fourth-order valence-corrected chi connectivity index (χ4v) is 5.94. The van der Waals surface area contributed by atoms with Gasteiger partial charge >= 0.3 is 12.1 Å². The van der Waals surface area contributed by atoms with E-state index in [1.165, 1.54) is 0 Å². The van der Waals surface area contributed by atoms with Crippen LogP contribution in [0.3, 0.4) is 0 Å². The summed E-state index contributed by atoms with van der Waals surface area (Å²) in [4.78, 5) is 25.4. The Morgan fingerprint density at radius 1 is 1.17 bits per heavy atom. The van der Waals surface area contributed by atoms with Gasteiger partial charge in [-0.25, -0.2) is 13.2 Å². The summed E-state index contributed by atoms with van der Waals surface area (Å²) >= 11 is 0. The number of alkyl halides is 3. The Morgan fingerprint density at radius 2 is 1.74 bits per heavy atom. The van der Waals surface area contributed by atoms with Crippen LogP contribution in [0.4, 0.5) is 13.2 Å². The van der Waals surface area contributed by atoms with Gasteiger partial charge in [0.1, 0.15) is 16.7 Å². The first-order valence-electron chi connectivity index (χ1n) is 11.1.